The van der Waals surface area contributed by atoms with Crippen LogP contribution >= 0.6 is 15.9 Å². The molecule has 0 fully saturated rings. The number of hydrogen-bond acceptors (Lipinski definition) is 3. The number of rotatable bonds is 2. The first kappa shape index (κ1) is 13.7. The van der Waals surface area contributed by atoms with Crippen molar-refractivity contribution < 1.29 is 0 Å². The Kier molecular flexibility index (Phi) is 3.66. The Morgan fingerprint density at radius 3 is 2.52 bits per heavy atom. The van der Waals surface area contributed by atoms with Crippen molar-refractivity contribution in [3.63, 3.8) is 0 Å². The van der Waals surface area contributed by atoms with Gasteiger partial charge in [-0.05, 0) is 34.5 Å². The second-order valence-corrected chi connectivity index (χ2v) is 5.41. The molecule has 0 atom stereocenters. The highest BCUT2D eigenvalue weighted by molar-refractivity contribution is 9.10. The van der Waals surface area contributed by atoms with Gasteiger partial charge in [0, 0.05) is 11.8 Å². The van der Waals surface area contributed by atoms with Crippen LogP contribution in [0.4, 0.5) is 0 Å². The highest BCUT2D eigenvalue weighted by atomic mass is 79.9. The molecule has 1 aromatic carbocycles. The number of halogens is 1. The van der Waals surface area contributed by atoms with Gasteiger partial charge in [-0.2, -0.15) is 0 Å². The van der Waals surface area contributed by atoms with E-state index >= 15 is 0 Å². The highest BCUT2D eigenvalue weighted by Crippen LogP contribution is 2.25. The van der Waals surface area contributed by atoms with Crippen LogP contribution in [-0.4, -0.2) is 15.0 Å². The summed E-state index contributed by atoms with van der Waals surface area (Å²) in [6.07, 6.45) is 1.69. The van der Waals surface area contributed by atoms with Crippen molar-refractivity contribution in [1.82, 2.24) is 15.0 Å². The van der Waals surface area contributed by atoms with E-state index in [1.807, 2.05) is 49.4 Å². The molecule has 5 heteroatoms. The Bertz CT molecular complexity index is 844. The lowest BCUT2D eigenvalue weighted by Crippen LogP contribution is -2.12. The van der Waals surface area contributed by atoms with Gasteiger partial charge in [0.2, 0.25) is 0 Å². The Hall–Kier alpha value is -2.27. The second kappa shape index (κ2) is 5.61. The fourth-order valence-corrected chi connectivity index (χ4v) is 2.51. The number of nitrogens with zero attached hydrogens (tertiary/aromatic N) is 2. The van der Waals surface area contributed by atoms with Gasteiger partial charge in [-0.1, -0.05) is 36.4 Å². The average Bonchev–Trinajstić information content (AvgIpc) is 2.51. The van der Waals surface area contributed by atoms with Gasteiger partial charge in [0.1, 0.15) is 10.2 Å². The lowest BCUT2D eigenvalue weighted by Gasteiger charge is -2.08. The number of pyridine rings is 1. The van der Waals surface area contributed by atoms with Gasteiger partial charge in [0.15, 0.2) is 5.82 Å². The molecule has 1 N–H and O–H groups in total. The normalized spacial score (nSPS) is 10.6. The minimum atomic E-state index is -0.219. The third-order valence-electron chi connectivity index (χ3n) is 3.14. The SMILES string of the molecule is Cc1cccnc1-c1nc(-c2ccccc2)c(Br)c(=O)[nH]1. The van der Waals surface area contributed by atoms with E-state index < -0.39 is 0 Å². The van der Waals surface area contributed by atoms with Gasteiger partial charge >= 0.3 is 0 Å². The van der Waals surface area contributed by atoms with Gasteiger partial charge in [-0.25, -0.2) is 4.98 Å². The van der Waals surface area contributed by atoms with E-state index in [-0.39, 0.29) is 5.56 Å². The number of benzene rings is 1. The molecule has 0 aliphatic carbocycles. The largest absolute Gasteiger partial charge is 0.304 e. The summed E-state index contributed by atoms with van der Waals surface area (Å²) in [5.74, 6) is 0.472. The number of nitrogens with one attached hydrogen (secondary N) is 1. The number of aromatic amines is 1. The number of hydrogen-bond donors (Lipinski definition) is 1. The summed E-state index contributed by atoms with van der Waals surface area (Å²) in [6, 6.07) is 13.4. The second-order valence-electron chi connectivity index (χ2n) is 4.61. The fourth-order valence-electron chi connectivity index (χ4n) is 2.09. The van der Waals surface area contributed by atoms with Crippen LogP contribution in [0.5, 0.6) is 0 Å². The molecule has 0 aliphatic rings. The highest BCUT2D eigenvalue weighted by Gasteiger charge is 2.13. The summed E-state index contributed by atoms with van der Waals surface area (Å²) in [7, 11) is 0. The Morgan fingerprint density at radius 1 is 1.05 bits per heavy atom. The zero-order valence-electron chi connectivity index (χ0n) is 11.3. The quantitative estimate of drug-likeness (QED) is 0.775. The molecular formula is C16H12BrN3O. The molecular weight excluding hydrogens is 330 g/mol. The van der Waals surface area contributed by atoms with Gasteiger partial charge in [-0.15, -0.1) is 0 Å². The van der Waals surface area contributed by atoms with Crippen molar-refractivity contribution in [3.8, 4) is 22.8 Å². The molecule has 0 saturated heterocycles. The summed E-state index contributed by atoms with van der Waals surface area (Å²) < 4.78 is 0.422. The molecule has 2 aromatic heterocycles. The van der Waals surface area contributed by atoms with E-state index in [2.05, 4.69) is 30.9 Å². The smallest absolute Gasteiger partial charge is 0.266 e. The lowest BCUT2D eigenvalue weighted by atomic mass is 10.1. The average molecular weight is 342 g/mol. The van der Waals surface area contributed by atoms with Crippen LogP contribution in [0.3, 0.4) is 0 Å². The summed E-state index contributed by atoms with van der Waals surface area (Å²) in [6.45, 7) is 1.94. The molecule has 0 saturated carbocycles. The zero-order valence-corrected chi connectivity index (χ0v) is 12.9. The van der Waals surface area contributed by atoms with Crippen LogP contribution in [0.25, 0.3) is 22.8 Å². The maximum Gasteiger partial charge on any atom is 0.266 e. The molecule has 0 aliphatic heterocycles. The maximum absolute atomic E-state index is 12.1. The van der Waals surface area contributed by atoms with Crippen molar-refractivity contribution >= 4 is 15.9 Å². The summed E-state index contributed by atoms with van der Waals surface area (Å²) in [5, 5.41) is 0. The number of aromatic nitrogens is 3. The van der Waals surface area contributed by atoms with E-state index in [1.165, 1.54) is 0 Å². The third-order valence-corrected chi connectivity index (χ3v) is 3.88. The predicted octanol–water partition coefficient (Wildman–Crippen LogP) is 3.57. The lowest BCUT2D eigenvalue weighted by molar-refractivity contribution is 1.08. The van der Waals surface area contributed by atoms with Crippen molar-refractivity contribution in [3.05, 3.63) is 69.1 Å². The van der Waals surface area contributed by atoms with E-state index in [4.69, 9.17) is 0 Å². The molecule has 21 heavy (non-hydrogen) atoms. The molecule has 0 unspecified atom stereocenters. The third kappa shape index (κ3) is 2.64. The topological polar surface area (TPSA) is 58.6 Å². The molecule has 3 aromatic rings. The van der Waals surface area contributed by atoms with Gasteiger partial charge in [0.05, 0.1) is 5.69 Å². The van der Waals surface area contributed by atoms with Gasteiger partial charge in [0.25, 0.3) is 5.56 Å². The van der Waals surface area contributed by atoms with Gasteiger partial charge < -0.3 is 4.98 Å². The van der Waals surface area contributed by atoms with Crippen molar-refractivity contribution in [2.75, 3.05) is 0 Å². The minimum Gasteiger partial charge on any atom is -0.304 e. The molecule has 0 amide bonds. The first-order valence-corrected chi connectivity index (χ1v) is 7.23. The standard InChI is InChI=1S/C16H12BrN3O/c1-10-6-5-9-18-13(10)15-19-14(12(17)16(21)20-15)11-7-3-2-4-8-11/h2-9H,1H3,(H,19,20,21). The van der Waals surface area contributed by atoms with E-state index in [1.54, 1.807) is 6.20 Å². The molecule has 0 spiro atoms. The number of H-pyrrole nitrogens is 1. The van der Waals surface area contributed by atoms with E-state index in [9.17, 15) is 4.79 Å². The molecule has 0 bridgehead atoms. The first-order chi connectivity index (χ1) is 10.2. The molecule has 104 valence electrons. The molecule has 0 radical (unpaired) electrons. The van der Waals surface area contributed by atoms with Crippen molar-refractivity contribution in [2.45, 2.75) is 6.92 Å². The minimum absolute atomic E-state index is 0.219. The molecule has 3 rings (SSSR count). The Balaban J connectivity index is 2.24. The monoisotopic (exact) mass is 341 g/mol. The van der Waals surface area contributed by atoms with Crippen molar-refractivity contribution in [1.29, 1.82) is 0 Å². The molecule has 2 heterocycles. The summed E-state index contributed by atoms with van der Waals surface area (Å²) in [4.78, 5) is 23.8. The van der Waals surface area contributed by atoms with E-state index in [0.717, 1.165) is 11.1 Å². The first-order valence-electron chi connectivity index (χ1n) is 6.44. The Morgan fingerprint density at radius 2 is 1.81 bits per heavy atom. The Labute approximate surface area is 130 Å². The van der Waals surface area contributed by atoms with E-state index in [0.29, 0.717) is 21.7 Å². The number of aryl methyl sites for hydroxylation is 1. The summed E-state index contributed by atoms with van der Waals surface area (Å²) >= 11 is 3.32. The van der Waals surface area contributed by atoms with Crippen LogP contribution in [0, 0.1) is 6.92 Å². The van der Waals surface area contributed by atoms with Crippen LogP contribution < -0.4 is 5.56 Å². The maximum atomic E-state index is 12.1. The van der Waals surface area contributed by atoms with Crippen LogP contribution in [-0.2, 0) is 0 Å². The molecule has 4 nitrogen and oxygen atoms in total. The van der Waals surface area contributed by atoms with Crippen LogP contribution in [0.1, 0.15) is 5.56 Å². The van der Waals surface area contributed by atoms with Crippen molar-refractivity contribution in [2.24, 2.45) is 0 Å². The predicted molar refractivity (Wildman–Crippen MR) is 86.0 cm³/mol. The van der Waals surface area contributed by atoms with Crippen LogP contribution in [0.2, 0.25) is 0 Å². The zero-order chi connectivity index (χ0) is 14.8. The fraction of sp³-hybridized carbons (Fsp3) is 0.0625. The summed E-state index contributed by atoms with van der Waals surface area (Å²) in [5.41, 5.74) is 2.91. The van der Waals surface area contributed by atoms with Crippen LogP contribution in [0.15, 0.2) is 57.9 Å². The van der Waals surface area contributed by atoms with Gasteiger partial charge in [-0.3, -0.25) is 9.78 Å².